The van der Waals surface area contributed by atoms with Crippen LogP contribution in [0.1, 0.15) is 36.4 Å². The van der Waals surface area contributed by atoms with Crippen LogP contribution in [0.15, 0.2) is 12.1 Å². The molecule has 0 unspecified atom stereocenters. The molecule has 0 spiro atoms. The van der Waals surface area contributed by atoms with Crippen molar-refractivity contribution < 1.29 is 0 Å². The van der Waals surface area contributed by atoms with E-state index in [0.717, 1.165) is 19.1 Å². The van der Waals surface area contributed by atoms with Crippen molar-refractivity contribution >= 4 is 11.3 Å². The predicted molar refractivity (Wildman–Crippen MR) is 75.7 cm³/mol. The van der Waals surface area contributed by atoms with E-state index in [1.165, 1.54) is 42.1 Å². The Hall–Kier alpha value is -0.380. The minimum atomic E-state index is 0.755. The molecule has 0 bridgehead atoms. The molecule has 0 radical (unpaired) electrons. The summed E-state index contributed by atoms with van der Waals surface area (Å²) in [6.07, 6.45) is 3.78. The number of nitrogens with zero attached hydrogens (tertiary/aromatic N) is 1. The lowest BCUT2D eigenvalue weighted by atomic mass is 10.1. The number of likely N-dealkylation sites (tertiary alicyclic amines) is 1. The van der Waals surface area contributed by atoms with Gasteiger partial charge in [-0.3, -0.25) is 4.90 Å². The summed E-state index contributed by atoms with van der Waals surface area (Å²) in [4.78, 5) is 5.64. The number of aryl methyl sites for hydroxylation is 1. The molecule has 1 aromatic heterocycles. The molecule has 2 heterocycles. The second-order valence-corrected chi connectivity index (χ2v) is 6.08. The molecule has 0 aliphatic carbocycles. The quantitative estimate of drug-likeness (QED) is 0.867. The van der Waals surface area contributed by atoms with Gasteiger partial charge in [0.1, 0.15) is 0 Å². The van der Waals surface area contributed by atoms with E-state index in [4.69, 9.17) is 0 Å². The van der Waals surface area contributed by atoms with Crippen molar-refractivity contribution in [3.8, 4) is 0 Å². The van der Waals surface area contributed by atoms with Crippen molar-refractivity contribution in [3.05, 3.63) is 21.9 Å². The van der Waals surface area contributed by atoms with Crippen LogP contribution >= 0.6 is 11.3 Å². The summed E-state index contributed by atoms with van der Waals surface area (Å²) in [5.41, 5.74) is 0. The van der Waals surface area contributed by atoms with Crippen molar-refractivity contribution in [2.45, 2.75) is 45.7 Å². The molecule has 0 amide bonds. The van der Waals surface area contributed by atoms with Crippen molar-refractivity contribution in [1.29, 1.82) is 0 Å². The number of rotatable bonds is 5. The van der Waals surface area contributed by atoms with Gasteiger partial charge in [0.25, 0.3) is 0 Å². The topological polar surface area (TPSA) is 15.3 Å². The summed E-state index contributed by atoms with van der Waals surface area (Å²) in [6, 6.07) is 5.34. The maximum absolute atomic E-state index is 3.56. The summed E-state index contributed by atoms with van der Waals surface area (Å²) in [5, 5.41) is 3.56. The molecule has 0 atom stereocenters. The van der Waals surface area contributed by atoms with Gasteiger partial charge in [0.15, 0.2) is 0 Å². The Bertz CT molecular complexity index is 327. The Kier molecular flexibility index (Phi) is 5.01. The van der Waals surface area contributed by atoms with Gasteiger partial charge in [-0.2, -0.15) is 0 Å². The zero-order chi connectivity index (χ0) is 12.1. The standard InChI is InChI=1S/C14H24N2S/c1-3-13-5-6-14(17-13)11-16-9-7-12(8-10-16)15-4-2/h5-6,12,15H,3-4,7-11H2,1-2H3. The Labute approximate surface area is 109 Å². The minimum absolute atomic E-state index is 0.755. The Morgan fingerprint density at radius 1 is 1.24 bits per heavy atom. The highest BCUT2D eigenvalue weighted by Gasteiger charge is 2.18. The maximum Gasteiger partial charge on any atom is 0.0328 e. The molecule has 1 aliphatic heterocycles. The summed E-state index contributed by atoms with van der Waals surface area (Å²) in [6.45, 7) is 9.19. The first-order valence-corrected chi connectivity index (χ1v) is 7.66. The van der Waals surface area contributed by atoms with E-state index in [0.29, 0.717) is 0 Å². The zero-order valence-corrected chi connectivity index (χ0v) is 11.9. The lowest BCUT2D eigenvalue weighted by Crippen LogP contribution is -2.41. The second-order valence-electron chi connectivity index (χ2n) is 4.83. The van der Waals surface area contributed by atoms with Crippen LogP contribution < -0.4 is 5.32 Å². The fraction of sp³-hybridized carbons (Fsp3) is 0.714. The molecule has 1 saturated heterocycles. The first kappa shape index (κ1) is 13.1. The largest absolute Gasteiger partial charge is 0.314 e. The third-order valence-corrected chi connectivity index (χ3v) is 4.74. The molecule has 1 aliphatic rings. The van der Waals surface area contributed by atoms with Gasteiger partial charge in [-0.1, -0.05) is 13.8 Å². The van der Waals surface area contributed by atoms with E-state index in [2.05, 4.69) is 36.2 Å². The van der Waals surface area contributed by atoms with E-state index in [9.17, 15) is 0 Å². The van der Waals surface area contributed by atoms with E-state index in [1.54, 1.807) is 0 Å². The van der Waals surface area contributed by atoms with Crippen LogP contribution in [0.25, 0.3) is 0 Å². The number of hydrogen-bond acceptors (Lipinski definition) is 3. The summed E-state index contributed by atoms with van der Waals surface area (Å²) in [5.74, 6) is 0. The number of piperidine rings is 1. The third kappa shape index (κ3) is 3.80. The normalized spacial score (nSPS) is 18.7. The van der Waals surface area contributed by atoms with E-state index >= 15 is 0 Å². The highest BCUT2D eigenvalue weighted by molar-refractivity contribution is 7.11. The Morgan fingerprint density at radius 3 is 2.53 bits per heavy atom. The smallest absolute Gasteiger partial charge is 0.0328 e. The molecule has 1 aromatic rings. The van der Waals surface area contributed by atoms with Gasteiger partial charge in [0.2, 0.25) is 0 Å². The average Bonchev–Trinajstić information content (AvgIpc) is 2.80. The Morgan fingerprint density at radius 2 is 1.94 bits per heavy atom. The minimum Gasteiger partial charge on any atom is -0.314 e. The van der Waals surface area contributed by atoms with Crippen molar-refractivity contribution in [1.82, 2.24) is 10.2 Å². The van der Waals surface area contributed by atoms with Gasteiger partial charge in [0.05, 0.1) is 0 Å². The molecule has 1 N–H and O–H groups in total. The van der Waals surface area contributed by atoms with Crippen LogP contribution in [0.5, 0.6) is 0 Å². The molecule has 1 fully saturated rings. The Balaban J connectivity index is 1.77. The summed E-state index contributed by atoms with van der Waals surface area (Å²) in [7, 11) is 0. The van der Waals surface area contributed by atoms with E-state index < -0.39 is 0 Å². The SMILES string of the molecule is CCNC1CCN(Cc2ccc(CC)s2)CC1. The number of thiophene rings is 1. The van der Waals surface area contributed by atoms with Crippen LogP contribution in [-0.4, -0.2) is 30.6 Å². The van der Waals surface area contributed by atoms with Crippen LogP contribution in [-0.2, 0) is 13.0 Å². The van der Waals surface area contributed by atoms with Crippen LogP contribution in [0.4, 0.5) is 0 Å². The van der Waals surface area contributed by atoms with Gasteiger partial charge in [-0.25, -0.2) is 0 Å². The molecular weight excluding hydrogens is 228 g/mol. The van der Waals surface area contributed by atoms with E-state index in [-0.39, 0.29) is 0 Å². The van der Waals surface area contributed by atoms with Gasteiger partial charge >= 0.3 is 0 Å². The van der Waals surface area contributed by atoms with E-state index in [1.807, 2.05) is 11.3 Å². The number of hydrogen-bond donors (Lipinski definition) is 1. The lowest BCUT2D eigenvalue weighted by Gasteiger charge is -2.31. The maximum atomic E-state index is 3.56. The monoisotopic (exact) mass is 252 g/mol. The van der Waals surface area contributed by atoms with Crippen LogP contribution in [0.3, 0.4) is 0 Å². The molecule has 2 nitrogen and oxygen atoms in total. The number of nitrogens with one attached hydrogen (secondary N) is 1. The summed E-state index contributed by atoms with van der Waals surface area (Å²) < 4.78 is 0. The van der Waals surface area contributed by atoms with Crippen LogP contribution in [0, 0.1) is 0 Å². The molecule has 3 heteroatoms. The highest BCUT2D eigenvalue weighted by atomic mass is 32.1. The molecule has 0 aromatic carbocycles. The molecule has 96 valence electrons. The first-order valence-electron chi connectivity index (χ1n) is 6.85. The lowest BCUT2D eigenvalue weighted by molar-refractivity contribution is 0.193. The fourth-order valence-electron chi connectivity index (χ4n) is 2.50. The van der Waals surface area contributed by atoms with Crippen LogP contribution in [0.2, 0.25) is 0 Å². The van der Waals surface area contributed by atoms with Gasteiger partial charge in [-0.15, -0.1) is 11.3 Å². The summed E-state index contributed by atoms with van der Waals surface area (Å²) >= 11 is 1.98. The van der Waals surface area contributed by atoms with Gasteiger partial charge in [-0.05, 0) is 51.0 Å². The first-order chi connectivity index (χ1) is 8.31. The molecule has 0 saturated carbocycles. The van der Waals surface area contributed by atoms with Gasteiger partial charge in [0, 0.05) is 22.3 Å². The fourth-order valence-corrected chi connectivity index (χ4v) is 3.50. The van der Waals surface area contributed by atoms with Gasteiger partial charge < -0.3 is 5.32 Å². The molecule has 2 rings (SSSR count). The predicted octanol–water partition coefficient (Wildman–Crippen LogP) is 2.88. The highest BCUT2D eigenvalue weighted by Crippen LogP contribution is 2.20. The van der Waals surface area contributed by atoms with Crippen molar-refractivity contribution in [3.63, 3.8) is 0 Å². The molecule has 17 heavy (non-hydrogen) atoms. The third-order valence-electron chi connectivity index (χ3n) is 3.53. The van der Waals surface area contributed by atoms with Crippen molar-refractivity contribution in [2.24, 2.45) is 0 Å². The average molecular weight is 252 g/mol. The second kappa shape index (κ2) is 6.53. The van der Waals surface area contributed by atoms with Crippen molar-refractivity contribution in [2.75, 3.05) is 19.6 Å². The molecular formula is C14H24N2S. The zero-order valence-electron chi connectivity index (χ0n) is 11.0.